The van der Waals surface area contributed by atoms with Gasteiger partial charge in [-0.2, -0.15) is 4.39 Å². The smallest absolute Gasteiger partial charge is 0.371 e. The highest BCUT2D eigenvalue weighted by molar-refractivity contribution is 5.87. The Hall–Kier alpha value is -1.64. The van der Waals surface area contributed by atoms with E-state index in [4.69, 9.17) is 4.74 Å². The molecule has 0 aromatic heterocycles. The number of benzene rings is 1. The fraction of sp³-hybridized carbons (Fsp3) is 0.250. The number of halogens is 1. The Balaban J connectivity index is 2.94. The maximum Gasteiger partial charge on any atom is 0.371 e. The number of carbonyl (C=O) groups excluding carboxylic acids is 1. The first-order valence-electron chi connectivity index (χ1n) is 4.68. The molecule has 0 saturated heterocycles. The predicted octanol–water partition coefficient (Wildman–Crippen LogP) is 3.20. The minimum absolute atomic E-state index is 0.210. The molecule has 1 aromatic rings. The first kappa shape index (κ1) is 11.4. The second-order valence-corrected chi connectivity index (χ2v) is 3.49. The summed E-state index contributed by atoms with van der Waals surface area (Å²) in [6, 6.07) is 7.05. The van der Waals surface area contributed by atoms with E-state index in [1.807, 2.05) is 26.0 Å². The molecule has 15 heavy (non-hydrogen) atoms. The molecule has 3 heteroatoms. The van der Waals surface area contributed by atoms with Crippen LogP contribution in [0.3, 0.4) is 0 Å². The maximum absolute atomic E-state index is 12.4. The van der Waals surface area contributed by atoms with Gasteiger partial charge in [0.2, 0.25) is 5.83 Å². The summed E-state index contributed by atoms with van der Waals surface area (Å²) >= 11 is 0. The van der Waals surface area contributed by atoms with E-state index < -0.39 is 11.8 Å². The molecular weight excluding hydrogens is 195 g/mol. The average molecular weight is 208 g/mol. The molecule has 80 valence electrons. The summed E-state index contributed by atoms with van der Waals surface area (Å²) in [5, 5.41) is 0. The van der Waals surface area contributed by atoms with Crippen molar-refractivity contribution >= 4 is 5.97 Å². The first-order valence-corrected chi connectivity index (χ1v) is 4.68. The third kappa shape index (κ3) is 2.91. The van der Waals surface area contributed by atoms with Crippen molar-refractivity contribution in [1.29, 1.82) is 0 Å². The predicted molar refractivity (Wildman–Crippen MR) is 56.4 cm³/mol. The molecule has 0 aliphatic heterocycles. The molecular formula is C12H13FO2. The van der Waals surface area contributed by atoms with Crippen LogP contribution < -0.4 is 4.74 Å². The average Bonchev–Trinajstić information content (AvgIpc) is 2.18. The largest absolute Gasteiger partial charge is 0.421 e. The molecule has 0 spiro atoms. The summed E-state index contributed by atoms with van der Waals surface area (Å²) < 4.78 is 17.3. The Morgan fingerprint density at radius 3 is 2.53 bits per heavy atom. The van der Waals surface area contributed by atoms with E-state index >= 15 is 0 Å². The third-order valence-electron chi connectivity index (χ3n) is 1.97. The monoisotopic (exact) mass is 208 g/mol. The highest BCUT2D eigenvalue weighted by atomic mass is 19.1. The van der Waals surface area contributed by atoms with Crippen LogP contribution in [-0.4, -0.2) is 5.97 Å². The summed E-state index contributed by atoms with van der Waals surface area (Å²) in [6.45, 7) is 6.82. The van der Waals surface area contributed by atoms with E-state index in [1.54, 1.807) is 12.1 Å². The van der Waals surface area contributed by atoms with Crippen LogP contribution in [0.15, 0.2) is 36.7 Å². The van der Waals surface area contributed by atoms with Gasteiger partial charge in [-0.1, -0.05) is 38.6 Å². The van der Waals surface area contributed by atoms with Crippen LogP contribution in [0.5, 0.6) is 5.75 Å². The van der Waals surface area contributed by atoms with Crippen LogP contribution in [0.2, 0.25) is 0 Å². The zero-order chi connectivity index (χ0) is 11.4. The van der Waals surface area contributed by atoms with Gasteiger partial charge in [0.1, 0.15) is 5.75 Å². The zero-order valence-corrected chi connectivity index (χ0v) is 8.79. The Bertz CT molecular complexity index is 383. The second-order valence-electron chi connectivity index (χ2n) is 3.49. The van der Waals surface area contributed by atoms with Gasteiger partial charge in [0.05, 0.1) is 0 Å². The van der Waals surface area contributed by atoms with Gasteiger partial charge in [-0.25, -0.2) is 4.79 Å². The molecule has 1 aromatic carbocycles. The Labute approximate surface area is 88.4 Å². The SMILES string of the molecule is C=C(F)C(=O)Oc1ccccc1C(C)C. The summed E-state index contributed by atoms with van der Waals surface area (Å²) in [6.07, 6.45) is 0. The van der Waals surface area contributed by atoms with E-state index in [9.17, 15) is 9.18 Å². The van der Waals surface area contributed by atoms with Gasteiger partial charge in [-0.05, 0) is 17.5 Å². The van der Waals surface area contributed by atoms with E-state index in [1.165, 1.54) is 0 Å². The quantitative estimate of drug-likeness (QED) is 0.433. The van der Waals surface area contributed by atoms with E-state index in [-0.39, 0.29) is 5.92 Å². The van der Waals surface area contributed by atoms with E-state index in [0.717, 1.165) is 5.56 Å². The van der Waals surface area contributed by atoms with Gasteiger partial charge in [0.15, 0.2) is 0 Å². The van der Waals surface area contributed by atoms with E-state index in [2.05, 4.69) is 6.58 Å². The Morgan fingerprint density at radius 1 is 1.40 bits per heavy atom. The van der Waals surface area contributed by atoms with Crippen LogP contribution in [0.25, 0.3) is 0 Å². The Morgan fingerprint density at radius 2 is 2.00 bits per heavy atom. The van der Waals surface area contributed by atoms with Crippen molar-refractivity contribution in [3.05, 3.63) is 42.2 Å². The van der Waals surface area contributed by atoms with Crippen molar-refractivity contribution in [2.24, 2.45) is 0 Å². The molecule has 1 rings (SSSR count). The minimum atomic E-state index is -1.09. The molecule has 0 bridgehead atoms. The molecule has 0 aliphatic carbocycles. The number of carbonyl (C=O) groups is 1. The molecule has 0 unspecified atom stereocenters. The highest BCUT2D eigenvalue weighted by Gasteiger charge is 2.13. The molecule has 0 fully saturated rings. The molecule has 2 nitrogen and oxygen atoms in total. The normalized spacial score (nSPS) is 10.1. The zero-order valence-electron chi connectivity index (χ0n) is 8.79. The standard InChI is InChI=1S/C12H13FO2/c1-8(2)10-6-4-5-7-11(10)15-12(14)9(3)13/h4-8H,3H2,1-2H3. The molecule has 0 aliphatic rings. The summed E-state index contributed by atoms with van der Waals surface area (Å²) in [5.41, 5.74) is 0.868. The van der Waals surface area contributed by atoms with E-state index in [0.29, 0.717) is 5.75 Å². The number of ether oxygens (including phenoxy) is 1. The third-order valence-corrected chi connectivity index (χ3v) is 1.97. The van der Waals surface area contributed by atoms with Gasteiger partial charge in [-0.15, -0.1) is 0 Å². The van der Waals surface area contributed by atoms with Crippen molar-refractivity contribution < 1.29 is 13.9 Å². The summed E-state index contributed by atoms with van der Waals surface area (Å²) in [4.78, 5) is 11.0. The summed E-state index contributed by atoms with van der Waals surface area (Å²) in [7, 11) is 0. The topological polar surface area (TPSA) is 26.3 Å². The van der Waals surface area contributed by atoms with Gasteiger partial charge in [0.25, 0.3) is 0 Å². The number of hydrogen-bond donors (Lipinski definition) is 0. The number of para-hydroxylation sites is 1. The minimum Gasteiger partial charge on any atom is -0.421 e. The Kier molecular flexibility index (Phi) is 3.61. The second kappa shape index (κ2) is 4.73. The fourth-order valence-corrected chi connectivity index (χ4v) is 1.21. The lowest BCUT2D eigenvalue weighted by molar-refractivity contribution is -0.131. The van der Waals surface area contributed by atoms with Crippen LogP contribution in [0.4, 0.5) is 4.39 Å². The fourth-order valence-electron chi connectivity index (χ4n) is 1.21. The molecule has 0 radical (unpaired) electrons. The molecule has 0 atom stereocenters. The molecule has 0 N–H and O–H groups in total. The maximum atomic E-state index is 12.4. The van der Waals surface area contributed by atoms with Crippen molar-refractivity contribution in [1.82, 2.24) is 0 Å². The highest BCUT2D eigenvalue weighted by Crippen LogP contribution is 2.26. The summed E-state index contributed by atoms with van der Waals surface area (Å²) in [5.74, 6) is -1.53. The van der Waals surface area contributed by atoms with Crippen molar-refractivity contribution in [2.45, 2.75) is 19.8 Å². The van der Waals surface area contributed by atoms with Gasteiger partial charge in [0, 0.05) is 0 Å². The van der Waals surface area contributed by atoms with Gasteiger partial charge in [-0.3, -0.25) is 0 Å². The number of hydrogen-bond acceptors (Lipinski definition) is 2. The number of rotatable bonds is 3. The lowest BCUT2D eigenvalue weighted by atomic mass is 10.0. The van der Waals surface area contributed by atoms with Crippen molar-refractivity contribution in [3.63, 3.8) is 0 Å². The van der Waals surface area contributed by atoms with Crippen molar-refractivity contribution in [3.8, 4) is 5.75 Å². The lowest BCUT2D eigenvalue weighted by Gasteiger charge is -2.11. The van der Waals surface area contributed by atoms with Crippen LogP contribution in [0, 0.1) is 0 Å². The lowest BCUT2D eigenvalue weighted by Crippen LogP contribution is -2.09. The van der Waals surface area contributed by atoms with Crippen LogP contribution >= 0.6 is 0 Å². The first-order chi connectivity index (χ1) is 7.02. The van der Waals surface area contributed by atoms with Gasteiger partial charge >= 0.3 is 5.97 Å². The van der Waals surface area contributed by atoms with Gasteiger partial charge < -0.3 is 4.74 Å². The molecule has 0 saturated carbocycles. The van der Waals surface area contributed by atoms with Crippen LogP contribution in [0.1, 0.15) is 25.3 Å². The molecule has 0 heterocycles. The number of esters is 1. The van der Waals surface area contributed by atoms with Crippen LogP contribution in [-0.2, 0) is 4.79 Å². The molecule has 0 amide bonds. The van der Waals surface area contributed by atoms with Crippen molar-refractivity contribution in [2.75, 3.05) is 0 Å².